The lowest BCUT2D eigenvalue weighted by molar-refractivity contribution is -0.140. The summed E-state index contributed by atoms with van der Waals surface area (Å²) in [6.07, 6.45) is 2.78. The third-order valence-corrected chi connectivity index (χ3v) is 17.2. The number of benzene rings is 4. The standard InChI is InChI=1S/C53H63ClN8O2Si/c1-8-59(9-2)47(39-18-14-12-15-19-39)52(63)61-33-65(6,7)32-44(61)51-57-46(49(54)58-51)38-28-24-36(25-29-38)35-22-26-37(27-23-35)45-34(5)55-50(56-45)43-31-41-30-42(41)62(43)53(64)48(60(10-3)11-4)40-20-16-13-17-21-40/h12-29,41-44,47-48H,8-11,30-33H2,1-7H3,(H,55,56)(H,57,58)/t41-,42-,43+,44+,47-,48-/m1/s1. The lowest BCUT2D eigenvalue weighted by Gasteiger charge is -2.35. The summed E-state index contributed by atoms with van der Waals surface area (Å²) in [5.74, 6) is 2.46. The Hall–Kier alpha value is -5.33. The number of aryl methyl sites for hydroxylation is 1. The number of carbonyl (C=O) groups is 2. The van der Waals surface area contributed by atoms with E-state index in [9.17, 15) is 9.59 Å². The minimum absolute atomic E-state index is 0.0739. The molecule has 2 saturated heterocycles. The van der Waals surface area contributed by atoms with Crippen molar-refractivity contribution in [2.45, 2.75) is 96.8 Å². The molecule has 0 bridgehead atoms. The van der Waals surface area contributed by atoms with Crippen LogP contribution in [0.25, 0.3) is 33.6 Å². The molecule has 10 nitrogen and oxygen atoms in total. The van der Waals surface area contributed by atoms with Crippen LogP contribution < -0.4 is 0 Å². The first-order valence-electron chi connectivity index (χ1n) is 23.7. The molecule has 1 aliphatic carbocycles. The van der Waals surface area contributed by atoms with Crippen molar-refractivity contribution in [3.63, 3.8) is 0 Å². The highest BCUT2D eigenvalue weighted by Gasteiger charge is 2.56. The largest absolute Gasteiger partial charge is 0.344 e. The third-order valence-electron chi connectivity index (χ3n) is 14.3. The maximum absolute atomic E-state index is 14.6. The van der Waals surface area contributed by atoms with E-state index in [1.807, 2.05) is 36.4 Å². The number of amides is 2. The fourth-order valence-electron chi connectivity index (χ4n) is 10.8. The van der Waals surface area contributed by atoms with E-state index in [0.29, 0.717) is 16.8 Å². The van der Waals surface area contributed by atoms with Crippen LogP contribution in [0.4, 0.5) is 0 Å². The van der Waals surface area contributed by atoms with E-state index in [4.69, 9.17) is 21.6 Å². The van der Waals surface area contributed by atoms with E-state index in [1.54, 1.807) is 0 Å². The molecular weight excluding hydrogens is 844 g/mol. The van der Waals surface area contributed by atoms with E-state index in [-0.39, 0.29) is 42.0 Å². The lowest BCUT2D eigenvalue weighted by atomic mass is 10.0. The Kier molecular flexibility index (Phi) is 12.8. The minimum atomic E-state index is -1.75. The van der Waals surface area contributed by atoms with Crippen LogP contribution in [0.15, 0.2) is 109 Å². The Labute approximate surface area is 390 Å². The molecule has 4 aromatic carbocycles. The van der Waals surface area contributed by atoms with E-state index in [1.165, 1.54) is 0 Å². The van der Waals surface area contributed by atoms with Crippen LogP contribution in [0.5, 0.6) is 0 Å². The molecule has 3 aliphatic rings. The van der Waals surface area contributed by atoms with Crippen LogP contribution >= 0.6 is 11.6 Å². The van der Waals surface area contributed by atoms with Crippen molar-refractivity contribution >= 4 is 31.5 Å². The molecule has 0 unspecified atom stereocenters. The van der Waals surface area contributed by atoms with Crippen molar-refractivity contribution in [3.05, 3.63) is 143 Å². The second kappa shape index (κ2) is 18.5. The normalized spacial score (nSPS) is 21.0. The molecule has 3 fully saturated rings. The van der Waals surface area contributed by atoms with Crippen molar-refractivity contribution in [3.8, 4) is 33.6 Å². The Balaban J connectivity index is 0.916. The van der Waals surface area contributed by atoms with Crippen LogP contribution in [-0.2, 0) is 9.59 Å². The molecule has 338 valence electrons. The Morgan fingerprint density at radius 2 is 1.14 bits per heavy atom. The van der Waals surface area contributed by atoms with Gasteiger partial charge in [-0.3, -0.25) is 19.4 Å². The molecular formula is C53H63ClN8O2Si. The van der Waals surface area contributed by atoms with Crippen molar-refractivity contribution in [2.24, 2.45) is 5.92 Å². The monoisotopic (exact) mass is 906 g/mol. The summed E-state index contributed by atoms with van der Waals surface area (Å²) in [5.41, 5.74) is 8.79. The summed E-state index contributed by atoms with van der Waals surface area (Å²) >= 11 is 6.95. The average molecular weight is 908 g/mol. The number of fused-ring (bicyclic) bond motifs is 1. The summed E-state index contributed by atoms with van der Waals surface area (Å²) in [7, 11) is -1.75. The number of hydrogen-bond donors (Lipinski definition) is 2. The van der Waals surface area contributed by atoms with Crippen LogP contribution in [0.3, 0.4) is 0 Å². The van der Waals surface area contributed by atoms with Gasteiger partial charge in [0.2, 0.25) is 11.8 Å². The predicted molar refractivity (Wildman–Crippen MR) is 264 cm³/mol. The molecule has 1 saturated carbocycles. The number of likely N-dealkylation sites (tertiary alicyclic amines) is 1. The zero-order chi connectivity index (χ0) is 45.6. The fourth-order valence-corrected chi connectivity index (χ4v) is 13.9. The van der Waals surface area contributed by atoms with Gasteiger partial charge in [-0.15, -0.1) is 0 Å². The van der Waals surface area contributed by atoms with Crippen molar-refractivity contribution < 1.29 is 9.59 Å². The van der Waals surface area contributed by atoms with Crippen LogP contribution in [0, 0.1) is 12.8 Å². The number of rotatable bonds is 15. The summed E-state index contributed by atoms with van der Waals surface area (Å²) in [6, 6.07) is 37.6. The summed E-state index contributed by atoms with van der Waals surface area (Å²) in [5, 5.41) is 0.481. The number of carbonyl (C=O) groups excluding carboxylic acids is 2. The second-order valence-electron chi connectivity index (χ2n) is 19.0. The first-order valence-corrected chi connectivity index (χ1v) is 27.5. The number of piperidine rings is 1. The van der Waals surface area contributed by atoms with Crippen LogP contribution in [0.1, 0.15) is 93.2 Å². The van der Waals surface area contributed by atoms with Gasteiger partial charge in [-0.25, -0.2) is 9.97 Å². The topological polar surface area (TPSA) is 104 Å². The van der Waals surface area contributed by atoms with Crippen molar-refractivity contribution in [2.75, 3.05) is 32.3 Å². The molecule has 2 aromatic heterocycles. The van der Waals surface area contributed by atoms with Gasteiger partial charge >= 0.3 is 0 Å². The molecule has 0 spiro atoms. The number of likely N-dealkylation sites (N-methyl/N-ethyl adjacent to an activating group) is 2. The summed E-state index contributed by atoms with van der Waals surface area (Å²) < 4.78 is 0. The Morgan fingerprint density at radius 1 is 0.662 bits per heavy atom. The second-order valence-corrected chi connectivity index (χ2v) is 24.4. The van der Waals surface area contributed by atoms with Gasteiger partial charge in [-0.05, 0) is 80.2 Å². The summed E-state index contributed by atoms with van der Waals surface area (Å²) in [6.45, 7) is 18.5. The van der Waals surface area contributed by atoms with Gasteiger partial charge in [-0.1, -0.05) is 162 Å². The van der Waals surface area contributed by atoms with Crippen LogP contribution in [0.2, 0.25) is 24.3 Å². The van der Waals surface area contributed by atoms with Gasteiger partial charge in [-0.2, -0.15) is 0 Å². The van der Waals surface area contributed by atoms with E-state index in [0.717, 1.165) is 108 Å². The Morgan fingerprint density at radius 3 is 1.68 bits per heavy atom. The molecule has 4 heterocycles. The van der Waals surface area contributed by atoms with E-state index < -0.39 is 8.07 Å². The van der Waals surface area contributed by atoms with Crippen molar-refractivity contribution in [1.82, 2.24) is 39.5 Å². The van der Waals surface area contributed by atoms with Gasteiger partial charge in [0.25, 0.3) is 0 Å². The predicted octanol–water partition coefficient (Wildman–Crippen LogP) is 11.1. The minimum Gasteiger partial charge on any atom is -0.344 e. The van der Waals surface area contributed by atoms with Gasteiger partial charge in [0.1, 0.15) is 34.6 Å². The highest BCUT2D eigenvalue weighted by atomic mass is 35.5. The first-order chi connectivity index (χ1) is 31.4. The van der Waals surface area contributed by atoms with Gasteiger partial charge in [0, 0.05) is 29.0 Å². The average Bonchev–Trinajstić information content (AvgIpc) is 3.59. The maximum Gasteiger partial charge on any atom is 0.245 e. The zero-order valence-electron chi connectivity index (χ0n) is 38.9. The molecule has 2 aliphatic heterocycles. The molecule has 9 rings (SSSR count). The van der Waals surface area contributed by atoms with Gasteiger partial charge in [0.15, 0.2) is 0 Å². The highest BCUT2D eigenvalue weighted by Crippen LogP contribution is 2.54. The summed E-state index contributed by atoms with van der Waals surface area (Å²) in [4.78, 5) is 55.4. The third kappa shape index (κ3) is 8.76. The zero-order valence-corrected chi connectivity index (χ0v) is 40.6. The number of hydrogen-bond acceptors (Lipinski definition) is 6. The van der Waals surface area contributed by atoms with Crippen LogP contribution in [-0.4, -0.2) is 97.8 Å². The van der Waals surface area contributed by atoms with E-state index in [2.05, 4.69) is 150 Å². The molecule has 6 atom stereocenters. The molecule has 65 heavy (non-hydrogen) atoms. The molecule has 2 N–H and O–H groups in total. The molecule has 6 aromatic rings. The number of aromatic amines is 2. The molecule has 2 amide bonds. The Bertz CT molecular complexity index is 2610. The smallest absolute Gasteiger partial charge is 0.245 e. The first kappa shape index (κ1) is 44.9. The SMILES string of the molecule is CCN(CC)[C@@H](C(=O)N1C[Si](C)(C)C[C@H]1c1nc(-c2ccc(-c3ccc(-c4nc([C@@H]5C[C@H]6C[C@H]6N5C(=O)[C@@H](c5ccccc5)N(CC)CC)[nH]c4C)cc3)cc2)c(Cl)[nH]1)c1ccccc1. The molecule has 0 radical (unpaired) electrons. The number of nitrogens with one attached hydrogen (secondary N) is 2. The fraction of sp³-hybridized carbons (Fsp3) is 0.396. The number of aromatic nitrogens is 4. The number of halogens is 1. The number of imidazole rings is 2. The molecule has 12 heteroatoms. The highest BCUT2D eigenvalue weighted by molar-refractivity contribution is 6.78. The van der Waals surface area contributed by atoms with Crippen molar-refractivity contribution in [1.29, 1.82) is 0 Å². The number of nitrogens with zero attached hydrogens (tertiary/aromatic N) is 6. The van der Waals surface area contributed by atoms with E-state index >= 15 is 0 Å². The lowest BCUT2D eigenvalue weighted by Crippen LogP contribution is -2.44. The number of H-pyrrole nitrogens is 2. The van der Waals surface area contributed by atoms with Gasteiger partial charge in [0.05, 0.1) is 25.9 Å². The quantitative estimate of drug-likeness (QED) is 0.0995. The maximum atomic E-state index is 14.6. The van der Waals surface area contributed by atoms with Gasteiger partial charge < -0.3 is 19.8 Å².